The van der Waals surface area contributed by atoms with Crippen LogP contribution < -0.4 is 14.2 Å². The Hall–Kier alpha value is -2.24. The predicted molar refractivity (Wildman–Crippen MR) is 111 cm³/mol. The number of rotatable bonds is 5. The van der Waals surface area contributed by atoms with Crippen LogP contribution in [0.3, 0.4) is 0 Å². The van der Waals surface area contributed by atoms with Crippen LogP contribution in [0.1, 0.15) is 38.2 Å². The third-order valence-electron chi connectivity index (χ3n) is 6.60. The van der Waals surface area contributed by atoms with Gasteiger partial charge in [-0.1, -0.05) is 36.4 Å². The number of piperidine rings is 1. The summed E-state index contributed by atoms with van der Waals surface area (Å²) in [7, 11) is 0. The summed E-state index contributed by atoms with van der Waals surface area (Å²) in [6.45, 7) is 3.93. The quantitative estimate of drug-likeness (QED) is 0.836. The highest BCUT2D eigenvalue weighted by Gasteiger charge is 2.49. The Bertz CT molecular complexity index is 841. The van der Waals surface area contributed by atoms with Crippen molar-refractivity contribution < 1.29 is 19.3 Å². The van der Waals surface area contributed by atoms with Crippen molar-refractivity contribution in [3.63, 3.8) is 0 Å². The molecule has 3 aliphatic heterocycles. The fraction of sp³-hybridized carbons (Fsp3) is 0.500. The molecule has 2 bridgehead atoms. The molecule has 3 unspecified atom stereocenters. The molecule has 3 aliphatic rings. The van der Waals surface area contributed by atoms with E-state index < -0.39 is 5.60 Å². The minimum absolute atomic E-state index is 0.0323. The molecule has 0 aliphatic carbocycles. The summed E-state index contributed by atoms with van der Waals surface area (Å²) in [4.78, 5) is 2.54. The van der Waals surface area contributed by atoms with Crippen LogP contribution >= 0.6 is 0 Å². The van der Waals surface area contributed by atoms with Crippen LogP contribution in [0.25, 0.3) is 0 Å². The van der Waals surface area contributed by atoms with Gasteiger partial charge in [-0.2, -0.15) is 0 Å². The van der Waals surface area contributed by atoms with E-state index in [0.29, 0.717) is 25.3 Å². The zero-order chi connectivity index (χ0) is 19.8. The molecule has 0 aromatic heterocycles. The second kappa shape index (κ2) is 7.54. The number of nitrogens with zero attached hydrogens (tertiary/aromatic N) is 1. The summed E-state index contributed by atoms with van der Waals surface area (Å²) in [5.41, 5.74) is 0.325. The molecule has 0 amide bonds. The zero-order valence-electron chi connectivity index (χ0n) is 16.9. The number of benzene rings is 2. The molecule has 0 spiro atoms. The highest BCUT2D eigenvalue weighted by molar-refractivity contribution is 5.52. The van der Waals surface area contributed by atoms with Gasteiger partial charge >= 0.3 is 0 Å². The molecular formula is C24H29NO4. The molecule has 2 fully saturated rings. The van der Waals surface area contributed by atoms with E-state index in [4.69, 9.17) is 14.2 Å². The molecule has 2 aromatic carbocycles. The van der Waals surface area contributed by atoms with Gasteiger partial charge in [0.15, 0.2) is 11.5 Å². The molecule has 5 heteroatoms. The number of para-hydroxylation sites is 1. The van der Waals surface area contributed by atoms with Crippen LogP contribution in [0, 0.1) is 0 Å². The Balaban J connectivity index is 1.29. The third-order valence-corrected chi connectivity index (χ3v) is 6.60. The predicted octanol–water partition coefficient (Wildman–Crippen LogP) is 3.74. The van der Waals surface area contributed by atoms with E-state index >= 15 is 0 Å². The minimum Gasteiger partial charge on any atom is -0.490 e. The van der Waals surface area contributed by atoms with E-state index in [9.17, 15) is 5.11 Å². The van der Waals surface area contributed by atoms with Crippen molar-refractivity contribution >= 4 is 0 Å². The Morgan fingerprint density at radius 1 is 1.07 bits per heavy atom. The summed E-state index contributed by atoms with van der Waals surface area (Å²) in [6.07, 6.45) is 3.79. The molecule has 5 rings (SSSR count). The Morgan fingerprint density at radius 3 is 2.55 bits per heavy atom. The van der Waals surface area contributed by atoms with Crippen molar-refractivity contribution in [1.82, 2.24) is 4.90 Å². The second-order valence-electron chi connectivity index (χ2n) is 8.45. The Labute approximate surface area is 172 Å². The molecule has 1 N–H and O–H groups in total. The van der Waals surface area contributed by atoms with Crippen molar-refractivity contribution in [2.75, 3.05) is 19.8 Å². The highest BCUT2D eigenvalue weighted by Crippen LogP contribution is 2.46. The van der Waals surface area contributed by atoms with E-state index in [0.717, 1.165) is 55.0 Å². The van der Waals surface area contributed by atoms with E-state index in [1.54, 1.807) is 0 Å². The molecule has 154 valence electrons. The Kier molecular flexibility index (Phi) is 4.88. The molecule has 2 saturated heterocycles. The van der Waals surface area contributed by atoms with E-state index in [2.05, 4.69) is 17.0 Å². The summed E-state index contributed by atoms with van der Waals surface area (Å²) in [6, 6.07) is 16.7. The van der Waals surface area contributed by atoms with Crippen molar-refractivity contribution in [1.29, 1.82) is 0 Å². The largest absolute Gasteiger partial charge is 0.490 e. The summed E-state index contributed by atoms with van der Waals surface area (Å²) in [5.74, 6) is 2.22. The van der Waals surface area contributed by atoms with Gasteiger partial charge in [-0.25, -0.2) is 0 Å². The summed E-state index contributed by atoms with van der Waals surface area (Å²) >= 11 is 0. The first-order valence-corrected chi connectivity index (χ1v) is 10.8. The molecule has 4 atom stereocenters. The fourth-order valence-corrected chi connectivity index (χ4v) is 5.30. The molecule has 29 heavy (non-hydrogen) atoms. The highest BCUT2D eigenvalue weighted by atomic mass is 16.6. The lowest BCUT2D eigenvalue weighted by molar-refractivity contribution is -0.0689. The standard InChI is InChI=1S/C24H29NO4/c1-2-27-21-9-6-10-22-23(21)29-20(16-28-22)15-25-18-11-12-19(25)14-24(26,13-18)17-7-4-3-5-8-17/h3-10,18-20,26H,2,11-16H2,1H3/t18-,19?,20?,24?/m0/s1. The van der Waals surface area contributed by atoms with Crippen LogP contribution in [0.2, 0.25) is 0 Å². The lowest BCUT2D eigenvalue weighted by Gasteiger charge is -2.45. The molecule has 5 nitrogen and oxygen atoms in total. The molecular weight excluding hydrogens is 366 g/mol. The molecule has 0 saturated carbocycles. The third kappa shape index (κ3) is 3.47. The smallest absolute Gasteiger partial charge is 0.204 e. The maximum Gasteiger partial charge on any atom is 0.204 e. The zero-order valence-corrected chi connectivity index (χ0v) is 16.9. The SMILES string of the molecule is CCOc1cccc2c1OC(CN1C3CC[C@H]1CC(O)(c1ccccc1)C3)CO2. The maximum atomic E-state index is 11.4. The normalized spacial score (nSPS) is 30.9. The first-order chi connectivity index (χ1) is 14.2. The van der Waals surface area contributed by atoms with Crippen LogP contribution in [0.4, 0.5) is 0 Å². The number of hydrogen-bond donors (Lipinski definition) is 1. The van der Waals surface area contributed by atoms with Gasteiger partial charge < -0.3 is 19.3 Å². The van der Waals surface area contributed by atoms with Gasteiger partial charge in [0.25, 0.3) is 0 Å². The second-order valence-corrected chi connectivity index (χ2v) is 8.45. The first-order valence-electron chi connectivity index (χ1n) is 10.8. The number of fused-ring (bicyclic) bond motifs is 3. The van der Waals surface area contributed by atoms with Gasteiger partial charge in [-0.15, -0.1) is 0 Å². The monoisotopic (exact) mass is 395 g/mol. The molecule has 3 heterocycles. The maximum absolute atomic E-state index is 11.4. The topological polar surface area (TPSA) is 51.2 Å². The fourth-order valence-electron chi connectivity index (χ4n) is 5.30. The van der Waals surface area contributed by atoms with Crippen LogP contribution in [0.15, 0.2) is 48.5 Å². The Morgan fingerprint density at radius 2 is 1.83 bits per heavy atom. The van der Waals surface area contributed by atoms with Crippen molar-refractivity contribution in [2.24, 2.45) is 0 Å². The van der Waals surface area contributed by atoms with E-state index in [-0.39, 0.29) is 6.10 Å². The van der Waals surface area contributed by atoms with Gasteiger partial charge in [0, 0.05) is 18.6 Å². The van der Waals surface area contributed by atoms with E-state index in [1.165, 1.54) is 0 Å². The summed E-state index contributed by atoms with van der Waals surface area (Å²) < 4.78 is 18.0. The number of aliphatic hydroxyl groups is 1. The van der Waals surface area contributed by atoms with E-state index in [1.807, 2.05) is 43.3 Å². The lowest BCUT2D eigenvalue weighted by Crippen LogP contribution is -2.53. The van der Waals surface area contributed by atoms with Gasteiger partial charge in [0.2, 0.25) is 5.75 Å². The van der Waals surface area contributed by atoms with Gasteiger partial charge in [-0.3, -0.25) is 4.90 Å². The van der Waals surface area contributed by atoms with Crippen molar-refractivity contribution in [2.45, 2.75) is 56.4 Å². The molecule has 2 aromatic rings. The average Bonchev–Trinajstić information content (AvgIpc) is 2.99. The number of hydrogen-bond acceptors (Lipinski definition) is 5. The van der Waals surface area contributed by atoms with Crippen LogP contribution in [-0.4, -0.2) is 48.0 Å². The minimum atomic E-state index is -0.720. The van der Waals surface area contributed by atoms with Crippen molar-refractivity contribution in [3.05, 3.63) is 54.1 Å². The summed E-state index contributed by atoms with van der Waals surface area (Å²) in [5, 5.41) is 11.4. The average molecular weight is 395 g/mol. The first kappa shape index (κ1) is 18.8. The van der Waals surface area contributed by atoms with Crippen LogP contribution in [-0.2, 0) is 5.60 Å². The number of ether oxygens (including phenoxy) is 3. The van der Waals surface area contributed by atoms with Crippen molar-refractivity contribution in [3.8, 4) is 17.2 Å². The molecule has 0 radical (unpaired) electrons. The van der Waals surface area contributed by atoms with Gasteiger partial charge in [-0.05, 0) is 50.3 Å². The van der Waals surface area contributed by atoms with Gasteiger partial charge in [0.05, 0.1) is 12.2 Å². The lowest BCUT2D eigenvalue weighted by atomic mass is 9.80. The van der Waals surface area contributed by atoms with Gasteiger partial charge in [0.1, 0.15) is 12.7 Å². The van der Waals surface area contributed by atoms with Crippen LogP contribution in [0.5, 0.6) is 17.2 Å².